The maximum Gasteiger partial charge on any atom is 0.310 e. The zero-order valence-corrected chi connectivity index (χ0v) is 13.9. The van der Waals surface area contributed by atoms with Gasteiger partial charge < -0.3 is 4.74 Å². The lowest BCUT2D eigenvalue weighted by Gasteiger charge is -2.10. The summed E-state index contributed by atoms with van der Waals surface area (Å²) in [5, 5.41) is 10.9. The Morgan fingerprint density at radius 3 is 2.72 bits per heavy atom. The topological polar surface area (TPSA) is 99.6 Å². The highest BCUT2D eigenvalue weighted by molar-refractivity contribution is 6.30. The van der Waals surface area contributed by atoms with Gasteiger partial charge in [-0.1, -0.05) is 23.7 Å². The van der Waals surface area contributed by atoms with E-state index in [9.17, 15) is 14.9 Å². The minimum absolute atomic E-state index is 0.0240. The first kappa shape index (κ1) is 16.8. The van der Waals surface area contributed by atoms with E-state index in [-0.39, 0.29) is 17.3 Å². The number of nitrogens with zero attached hydrogens (tertiary/aromatic N) is 4. The Kier molecular flexibility index (Phi) is 4.62. The fourth-order valence-electron chi connectivity index (χ4n) is 2.47. The van der Waals surface area contributed by atoms with Crippen molar-refractivity contribution in [2.75, 3.05) is 7.11 Å². The highest BCUT2D eigenvalue weighted by Crippen LogP contribution is 2.22. The van der Waals surface area contributed by atoms with E-state index in [1.54, 1.807) is 28.9 Å². The van der Waals surface area contributed by atoms with Crippen LogP contribution in [0.15, 0.2) is 36.7 Å². The largest absolute Gasteiger partial charge is 0.469 e. The number of hydrogen-bond acceptors (Lipinski definition) is 6. The predicted molar refractivity (Wildman–Crippen MR) is 89.6 cm³/mol. The summed E-state index contributed by atoms with van der Waals surface area (Å²) < 4.78 is 6.42. The minimum Gasteiger partial charge on any atom is -0.469 e. The molecule has 3 rings (SSSR count). The lowest BCUT2D eigenvalue weighted by molar-refractivity contribution is -0.384. The van der Waals surface area contributed by atoms with Crippen LogP contribution < -0.4 is 0 Å². The zero-order chi connectivity index (χ0) is 18.0. The van der Waals surface area contributed by atoms with Crippen molar-refractivity contribution in [1.82, 2.24) is 14.4 Å². The van der Waals surface area contributed by atoms with Gasteiger partial charge in [-0.2, -0.15) is 0 Å². The summed E-state index contributed by atoms with van der Waals surface area (Å²) in [4.78, 5) is 30.5. The Bertz CT molecular complexity index is 953. The molecule has 0 aliphatic rings. The lowest BCUT2D eigenvalue weighted by atomic mass is 10.1. The molecular weight excluding hydrogens is 348 g/mol. The molecule has 8 nitrogen and oxygen atoms in total. The van der Waals surface area contributed by atoms with Gasteiger partial charge in [-0.3, -0.25) is 19.3 Å². The molecule has 0 atom stereocenters. The fourth-order valence-corrected chi connectivity index (χ4v) is 2.72. The van der Waals surface area contributed by atoms with Crippen molar-refractivity contribution in [3.05, 3.63) is 68.9 Å². The maximum absolute atomic E-state index is 11.6. The number of nitro benzene ring substituents is 1. The third-order valence-electron chi connectivity index (χ3n) is 3.72. The highest BCUT2D eigenvalue weighted by atomic mass is 35.5. The summed E-state index contributed by atoms with van der Waals surface area (Å²) in [5.74, 6) is 0.177. The van der Waals surface area contributed by atoms with Crippen molar-refractivity contribution >= 4 is 28.9 Å². The monoisotopic (exact) mass is 360 g/mol. The number of aromatic nitrogens is 3. The molecule has 0 saturated carbocycles. The van der Waals surface area contributed by atoms with Crippen LogP contribution in [0.2, 0.25) is 5.15 Å². The average molecular weight is 361 g/mol. The Labute approximate surface area is 147 Å². The van der Waals surface area contributed by atoms with Gasteiger partial charge in [0.25, 0.3) is 5.69 Å². The second kappa shape index (κ2) is 6.86. The number of benzene rings is 1. The quantitative estimate of drug-likeness (QED) is 0.300. The number of esters is 1. The van der Waals surface area contributed by atoms with Crippen molar-refractivity contribution < 1.29 is 14.5 Å². The first-order valence-electron chi connectivity index (χ1n) is 7.30. The van der Waals surface area contributed by atoms with E-state index in [0.29, 0.717) is 23.5 Å². The van der Waals surface area contributed by atoms with Gasteiger partial charge in [0.15, 0.2) is 0 Å². The zero-order valence-electron chi connectivity index (χ0n) is 13.2. The summed E-state index contributed by atoms with van der Waals surface area (Å²) >= 11 is 6.24. The van der Waals surface area contributed by atoms with E-state index in [2.05, 4.69) is 14.7 Å². The van der Waals surface area contributed by atoms with Crippen molar-refractivity contribution in [3.63, 3.8) is 0 Å². The molecule has 0 saturated heterocycles. The predicted octanol–water partition coefficient (Wildman–Crippen LogP) is 2.60. The van der Waals surface area contributed by atoms with Crippen LogP contribution in [0.5, 0.6) is 0 Å². The Hall–Kier alpha value is -3.00. The first-order valence-corrected chi connectivity index (χ1v) is 7.68. The standard InChI is InChI=1S/C16H13ClN4O4/c1-25-14(22)9-12-15(17)19-13(20-7-6-18-16(12)20)8-10-2-4-11(5-3-10)21(23)24/h2-7H,8-9H2,1H3. The van der Waals surface area contributed by atoms with Crippen LogP contribution in [-0.2, 0) is 22.4 Å². The Morgan fingerprint density at radius 1 is 1.36 bits per heavy atom. The van der Waals surface area contributed by atoms with Crippen LogP contribution in [0.3, 0.4) is 0 Å². The molecule has 1 aromatic carbocycles. The van der Waals surface area contributed by atoms with Crippen molar-refractivity contribution in [1.29, 1.82) is 0 Å². The number of fused-ring (bicyclic) bond motifs is 1. The number of rotatable bonds is 5. The Balaban J connectivity index is 1.97. The lowest BCUT2D eigenvalue weighted by Crippen LogP contribution is -2.10. The van der Waals surface area contributed by atoms with E-state index in [4.69, 9.17) is 11.6 Å². The normalized spacial score (nSPS) is 10.8. The molecule has 0 N–H and O–H groups in total. The maximum atomic E-state index is 11.6. The first-order chi connectivity index (χ1) is 12.0. The second-order valence-corrected chi connectivity index (χ2v) is 5.63. The number of ether oxygens (including phenoxy) is 1. The molecule has 3 aromatic rings. The molecular formula is C16H13ClN4O4. The van der Waals surface area contributed by atoms with Crippen LogP contribution in [0, 0.1) is 10.1 Å². The summed E-state index contributed by atoms with van der Waals surface area (Å²) in [7, 11) is 1.30. The summed E-state index contributed by atoms with van der Waals surface area (Å²) in [6.45, 7) is 0. The van der Waals surface area contributed by atoms with Crippen molar-refractivity contribution in [2.45, 2.75) is 12.8 Å². The minimum atomic E-state index is -0.450. The van der Waals surface area contributed by atoms with Gasteiger partial charge in [-0.15, -0.1) is 0 Å². The average Bonchev–Trinajstić information content (AvgIpc) is 3.08. The number of carbonyl (C=O) groups is 1. The molecule has 0 fully saturated rings. The number of non-ortho nitro benzene ring substituents is 1. The van der Waals surface area contributed by atoms with Crippen LogP contribution in [0.4, 0.5) is 5.69 Å². The van der Waals surface area contributed by atoms with Crippen LogP contribution in [0.25, 0.3) is 5.65 Å². The molecule has 0 aliphatic heterocycles. The van der Waals surface area contributed by atoms with Gasteiger partial charge in [0.1, 0.15) is 16.6 Å². The third-order valence-corrected chi connectivity index (χ3v) is 4.04. The van der Waals surface area contributed by atoms with E-state index in [0.717, 1.165) is 5.56 Å². The molecule has 2 aromatic heterocycles. The van der Waals surface area contributed by atoms with Crippen molar-refractivity contribution in [3.8, 4) is 0 Å². The molecule has 0 aliphatic carbocycles. The molecule has 0 radical (unpaired) electrons. The third kappa shape index (κ3) is 3.43. The molecule has 9 heteroatoms. The number of halogens is 1. The van der Waals surface area contributed by atoms with Gasteiger partial charge in [0.2, 0.25) is 0 Å². The smallest absolute Gasteiger partial charge is 0.310 e. The molecule has 25 heavy (non-hydrogen) atoms. The van der Waals surface area contributed by atoms with Crippen molar-refractivity contribution in [2.24, 2.45) is 0 Å². The molecule has 0 bridgehead atoms. The number of carbonyl (C=O) groups excluding carboxylic acids is 1. The number of nitro groups is 1. The van der Waals surface area contributed by atoms with E-state index < -0.39 is 10.9 Å². The van der Waals surface area contributed by atoms with Gasteiger partial charge in [0, 0.05) is 36.5 Å². The van der Waals surface area contributed by atoms with E-state index >= 15 is 0 Å². The van der Waals surface area contributed by atoms with E-state index in [1.165, 1.54) is 19.2 Å². The molecule has 0 amide bonds. The van der Waals surface area contributed by atoms with Gasteiger partial charge in [-0.25, -0.2) is 9.97 Å². The van der Waals surface area contributed by atoms with Crippen LogP contribution >= 0.6 is 11.6 Å². The number of hydrogen-bond donors (Lipinski definition) is 0. The summed E-state index contributed by atoms with van der Waals surface area (Å²) in [6.07, 6.45) is 3.69. The molecule has 0 spiro atoms. The number of imidazole rings is 1. The summed E-state index contributed by atoms with van der Waals surface area (Å²) in [5.41, 5.74) is 1.88. The van der Waals surface area contributed by atoms with Crippen LogP contribution in [0.1, 0.15) is 17.0 Å². The summed E-state index contributed by atoms with van der Waals surface area (Å²) in [6, 6.07) is 6.21. The molecule has 128 valence electrons. The molecule has 2 heterocycles. The van der Waals surface area contributed by atoms with Gasteiger partial charge in [-0.05, 0) is 5.56 Å². The molecule has 0 unspecified atom stereocenters. The van der Waals surface area contributed by atoms with Crippen LogP contribution in [-0.4, -0.2) is 32.4 Å². The van der Waals surface area contributed by atoms with E-state index in [1.807, 2.05) is 0 Å². The Morgan fingerprint density at radius 2 is 2.08 bits per heavy atom. The SMILES string of the molecule is COC(=O)Cc1c(Cl)nc(Cc2ccc([N+](=O)[O-])cc2)n2ccnc12. The fraction of sp³-hybridized carbons (Fsp3) is 0.188. The highest BCUT2D eigenvalue weighted by Gasteiger charge is 2.17. The van der Waals surface area contributed by atoms with Gasteiger partial charge >= 0.3 is 5.97 Å². The number of methoxy groups -OCH3 is 1. The second-order valence-electron chi connectivity index (χ2n) is 5.27. The van der Waals surface area contributed by atoms with Gasteiger partial charge in [0.05, 0.1) is 18.5 Å².